The SMILES string of the molecule is CC1CCNC(CNCc2ccco2)C1. The van der Waals surface area contributed by atoms with Gasteiger partial charge in [-0.2, -0.15) is 0 Å². The summed E-state index contributed by atoms with van der Waals surface area (Å²) in [5.74, 6) is 1.88. The third kappa shape index (κ3) is 3.36. The van der Waals surface area contributed by atoms with E-state index in [1.807, 2.05) is 12.1 Å². The smallest absolute Gasteiger partial charge is 0.117 e. The van der Waals surface area contributed by atoms with Crippen LogP contribution in [-0.4, -0.2) is 19.1 Å². The van der Waals surface area contributed by atoms with E-state index in [1.165, 1.54) is 12.8 Å². The highest BCUT2D eigenvalue weighted by Gasteiger charge is 2.17. The van der Waals surface area contributed by atoms with E-state index >= 15 is 0 Å². The molecule has 0 radical (unpaired) electrons. The average Bonchev–Trinajstić information content (AvgIpc) is 2.71. The van der Waals surface area contributed by atoms with Gasteiger partial charge in [0.2, 0.25) is 0 Å². The minimum atomic E-state index is 0.628. The van der Waals surface area contributed by atoms with Gasteiger partial charge in [0.15, 0.2) is 0 Å². The lowest BCUT2D eigenvalue weighted by atomic mass is 9.94. The molecule has 0 spiro atoms. The maximum Gasteiger partial charge on any atom is 0.117 e. The van der Waals surface area contributed by atoms with Crippen LogP contribution in [0.5, 0.6) is 0 Å². The molecule has 1 saturated heterocycles. The maximum absolute atomic E-state index is 5.26. The van der Waals surface area contributed by atoms with Crippen molar-refractivity contribution >= 4 is 0 Å². The molecule has 2 N–H and O–H groups in total. The summed E-state index contributed by atoms with van der Waals surface area (Å²) in [6.07, 6.45) is 4.32. The van der Waals surface area contributed by atoms with Gasteiger partial charge in [0, 0.05) is 12.6 Å². The minimum absolute atomic E-state index is 0.628. The Hall–Kier alpha value is -0.800. The fraction of sp³-hybridized carbons (Fsp3) is 0.667. The van der Waals surface area contributed by atoms with Crippen LogP contribution in [0.3, 0.4) is 0 Å². The zero-order chi connectivity index (χ0) is 10.5. The number of piperidine rings is 1. The van der Waals surface area contributed by atoms with Crippen LogP contribution in [0.25, 0.3) is 0 Å². The monoisotopic (exact) mass is 208 g/mol. The van der Waals surface area contributed by atoms with Crippen molar-refractivity contribution in [2.75, 3.05) is 13.1 Å². The molecule has 0 amide bonds. The molecular weight excluding hydrogens is 188 g/mol. The summed E-state index contributed by atoms with van der Waals surface area (Å²) in [7, 11) is 0. The summed E-state index contributed by atoms with van der Waals surface area (Å²) in [4.78, 5) is 0. The standard InChI is InChI=1S/C12H20N2O/c1-10-4-5-14-11(7-10)8-13-9-12-3-2-6-15-12/h2-3,6,10-11,13-14H,4-5,7-9H2,1H3. The third-order valence-electron chi connectivity index (χ3n) is 3.03. The van der Waals surface area contributed by atoms with Gasteiger partial charge in [0.25, 0.3) is 0 Å². The fourth-order valence-corrected chi connectivity index (χ4v) is 2.16. The Balaban J connectivity index is 1.65. The van der Waals surface area contributed by atoms with Crippen molar-refractivity contribution in [3.63, 3.8) is 0 Å². The summed E-state index contributed by atoms with van der Waals surface area (Å²) in [6, 6.07) is 4.56. The first kappa shape index (κ1) is 10.7. The molecule has 1 fully saturated rings. The second kappa shape index (κ2) is 5.33. The van der Waals surface area contributed by atoms with Crippen molar-refractivity contribution in [2.45, 2.75) is 32.4 Å². The summed E-state index contributed by atoms with van der Waals surface area (Å²) in [5, 5.41) is 6.96. The van der Waals surface area contributed by atoms with E-state index in [1.54, 1.807) is 6.26 Å². The van der Waals surface area contributed by atoms with Gasteiger partial charge in [-0.05, 0) is 37.4 Å². The molecule has 1 aliphatic rings. The molecule has 0 bridgehead atoms. The predicted molar refractivity (Wildman–Crippen MR) is 60.6 cm³/mol. The van der Waals surface area contributed by atoms with Gasteiger partial charge >= 0.3 is 0 Å². The van der Waals surface area contributed by atoms with Crippen molar-refractivity contribution < 1.29 is 4.42 Å². The lowest BCUT2D eigenvalue weighted by Gasteiger charge is -2.28. The highest BCUT2D eigenvalue weighted by atomic mass is 16.3. The highest BCUT2D eigenvalue weighted by molar-refractivity contribution is 4.97. The molecule has 2 atom stereocenters. The highest BCUT2D eigenvalue weighted by Crippen LogP contribution is 2.14. The second-order valence-electron chi connectivity index (χ2n) is 4.49. The molecule has 3 heteroatoms. The number of hydrogen-bond donors (Lipinski definition) is 2. The Kier molecular flexibility index (Phi) is 3.80. The molecule has 2 unspecified atom stereocenters. The molecule has 0 aromatic carbocycles. The fourth-order valence-electron chi connectivity index (χ4n) is 2.16. The van der Waals surface area contributed by atoms with Crippen LogP contribution in [0, 0.1) is 5.92 Å². The summed E-state index contributed by atoms with van der Waals surface area (Å²) in [6.45, 7) is 5.36. The second-order valence-corrected chi connectivity index (χ2v) is 4.49. The molecule has 1 aromatic rings. The largest absolute Gasteiger partial charge is 0.468 e. The molecule has 3 nitrogen and oxygen atoms in total. The number of furan rings is 1. The topological polar surface area (TPSA) is 37.2 Å². The Morgan fingerprint density at radius 1 is 1.60 bits per heavy atom. The average molecular weight is 208 g/mol. The first-order valence-corrected chi connectivity index (χ1v) is 5.81. The normalized spacial score (nSPS) is 26.7. The van der Waals surface area contributed by atoms with E-state index in [0.717, 1.165) is 31.3 Å². The lowest BCUT2D eigenvalue weighted by molar-refractivity contribution is 0.308. The van der Waals surface area contributed by atoms with Crippen molar-refractivity contribution in [3.05, 3.63) is 24.2 Å². The molecule has 84 valence electrons. The van der Waals surface area contributed by atoms with E-state index in [2.05, 4.69) is 17.6 Å². The molecule has 2 heterocycles. The van der Waals surface area contributed by atoms with E-state index in [9.17, 15) is 0 Å². The van der Waals surface area contributed by atoms with Crippen LogP contribution in [-0.2, 0) is 6.54 Å². The summed E-state index contributed by atoms with van der Waals surface area (Å²) < 4.78 is 5.26. The quantitative estimate of drug-likeness (QED) is 0.791. The Morgan fingerprint density at radius 3 is 3.27 bits per heavy atom. The first-order chi connectivity index (χ1) is 7.34. The van der Waals surface area contributed by atoms with Crippen molar-refractivity contribution in [1.29, 1.82) is 0 Å². The molecule has 2 rings (SSSR count). The Morgan fingerprint density at radius 2 is 2.53 bits per heavy atom. The Bertz CT molecular complexity index is 271. The molecule has 0 aliphatic carbocycles. The van der Waals surface area contributed by atoms with E-state index in [-0.39, 0.29) is 0 Å². The predicted octanol–water partition coefficient (Wildman–Crippen LogP) is 1.76. The van der Waals surface area contributed by atoms with Crippen LogP contribution >= 0.6 is 0 Å². The van der Waals surface area contributed by atoms with E-state index in [4.69, 9.17) is 4.42 Å². The van der Waals surface area contributed by atoms with Crippen molar-refractivity contribution in [3.8, 4) is 0 Å². The van der Waals surface area contributed by atoms with Gasteiger partial charge < -0.3 is 15.1 Å². The van der Waals surface area contributed by atoms with E-state index < -0.39 is 0 Å². The Labute approximate surface area is 91.2 Å². The van der Waals surface area contributed by atoms with Gasteiger partial charge in [-0.25, -0.2) is 0 Å². The number of rotatable bonds is 4. The summed E-state index contributed by atoms with van der Waals surface area (Å²) >= 11 is 0. The van der Waals surface area contributed by atoms with Gasteiger partial charge in [-0.15, -0.1) is 0 Å². The molecule has 1 aliphatic heterocycles. The minimum Gasteiger partial charge on any atom is -0.468 e. The van der Waals surface area contributed by atoms with Crippen LogP contribution in [0.2, 0.25) is 0 Å². The van der Waals surface area contributed by atoms with Crippen molar-refractivity contribution in [1.82, 2.24) is 10.6 Å². The zero-order valence-corrected chi connectivity index (χ0v) is 9.33. The lowest BCUT2D eigenvalue weighted by Crippen LogP contribution is -2.43. The first-order valence-electron chi connectivity index (χ1n) is 5.81. The number of nitrogens with one attached hydrogen (secondary N) is 2. The van der Waals surface area contributed by atoms with Crippen molar-refractivity contribution in [2.24, 2.45) is 5.92 Å². The maximum atomic E-state index is 5.26. The van der Waals surface area contributed by atoms with Crippen LogP contribution < -0.4 is 10.6 Å². The molecular formula is C12H20N2O. The van der Waals surface area contributed by atoms with Gasteiger partial charge in [-0.3, -0.25) is 0 Å². The molecule has 1 aromatic heterocycles. The summed E-state index contributed by atoms with van der Waals surface area (Å²) in [5.41, 5.74) is 0. The van der Waals surface area contributed by atoms with Crippen LogP contribution in [0.15, 0.2) is 22.8 Å². The molecule has 0 saturated carbocycles. The number of hydrogen-bond acceptors (Lipinski definition) is 3. The zero-order valence-electron chi connectivity index (χ0n) is 9.33. The van der Waals surface area contributed by atoms with Gasteiger partial charge in [0.1, 0.15) is 5.76 Å². The van der Waals surface area contributed by atoms with E-state index in [0.29, 0.717) is 6.04 Å². The van der Waals surface area contributed by atoms with Gasteiger partial charge in [0.05, 0.1) is 12.8 Å². The van der Waals surface area contributed by atoms with Gasteiger partial charge in [-0.1, -0.05) is 6.92 Å². The van der Waals surface area contributed by atoms with Crippen LogP contribution in [0.1, 0.15) is 25.5 Å². The molecule has 15 heavy (non-hydrogen) atoms. The van der Waals surface area contributed by atoms with Crippen LogP contribution in [0.4, 0.5) is 0 Å². The third-order valence-corrected chi connectivity index (χ3v) is 3.03.